The summed E-state index contributed by atoms with van der Waals surface area (Å²) >= 11 is 0. The summed E-state index contributed by atoms with van der Waals surface area (Å²) in [4.78, 5) is 3.63. The van der Waals surface area contributed by atoms with Gasteiger partial charge in [-0.2, -0.15) is 0 Å². The van der Waals surface area contributed by atoms with Gasteiger partial charge in [0.2, 0.25) is 0 Å². The van der Waals surface area contributed by atoms with E-state index in [9.17, 15) is 0 Å². The Labute approximate surface area is 112 Å². The van der Waals surface area contributed by atoms with Gasteiger partial charge in [-0.05, 0) is 11.6 Å². The van der Waals surface area contributed by atoms with E-state index in [-0.39, 0.29) is 0 Å². The summed E-state index contributed by atoms with van der Waals surface area (Å²) in [5.74, 6) is 0. The summed E-state index contributed by atoms with van der Waals surface area (Å²) < 4.78 is 0. The summed E-state index contributed by atoms with van der Waals surface area (Å²) in [6.45, 7) is 1.16. The Kier molecular flexibility index (Phi) is 2.42. The minimum atomic E-state index is 0.414. The van der Waals surface area contributed by atoms with Gasteiger partial charge in [0.15, 0.2) is 6.04 Å². The Hall–Kier alpha value is -2.06. The van der Waals surface area contributed by atoms with Gasteiger partial charge in [-0.15, -0.1) is 0 Å². The number of aromatic amines is 1. The van der Waals surface area contributed by atoms with Crippen molar-refractivity contribution in [3.05, 3.63) is 71.4 Å². The highest BCUT2D eigenvalue weighted by Crippen LogP contribution is 2.30. The third-order valence-corrected chi connectivity index (χ3v) is 4.11. The van der Waals surface area contributed by atoms with Crippen molar-refractivity contribution in [3.63, 3.8) is 0 Å². The summed E-state index contributed by atoms with van der Waals surface area (Å²) in [7, 11) is 0. The van der Waals surface area contributed by atoms with Crippen molar-refractivity contribution in [1.29, 1.82) is 0 Å². The standard InChI is InChI=1S/C17H16N2/c1-2-6-12(7-3-1)16-17-14(10-11-18-16)13-8-4-5-9-15(13)19-17/h1-9,16,18-19H,10-11H2/p+1/t16-/m1/s1. The minimum absolute atomic E-state index is 0.414. The average Bonchev–Trinajstić information content (AvgIpc) is 2.87. The summed E-state index contributed by atoms with van der Waals surface area (Å²) in [6, 6.07) is 19.8. The molecule has 4 rings (SSSR count). The molecule has 0 saturated carbocycles. The Bertz CT molecular complexity index is 712. The van der Waals surface area contributed by atoms with Crippen LogP contribution in [0.2, 0.25) is 0 Å². The summed E-state index contributed by atoms with van der Waals surface area (Å²) in [5.41, 5.74) is 5.55. The van der Waals surface area contributed by atoms with Crippen LogP contribution in [0, 0.1) is 0 Å². The molecule has 1 aliphatic rings. The second-order valence-corrected chi connectivity index (χ2v) is 5.23. The molecule has 0 amide bonds. The van der Waals surface area contributed by atoms with E-state index < -0.39 is 0 Å². The summed E-state index contributed by atoms with van der Waals surface area (Å²) in [5, 5.41) is 3.83. The number of quaternary nitrogens is 1. The van der Waals surface area contributed by atoms with E-state index in [0.29, 0.717) is 6.04 Å². The molecule has 0 spiro atoms. The first-order valence-corrected chi connectivity index (χ1v) is 6.91. The molecule has 0 radical (unpaired) electrons. The Morgan fingerprint density at radius 3 is 2.63 bits per heavy atom. The van der Waals surface area contributed by atoms with E-state index in [4.69, 9.17) is 0 Å². The van der Waals surface area contributed by atoms with E-state index >= 15 is 0 Å². The number of benzene rings is 2. The number of H-pyrrole nitrogens is 1. The molecule has 2 aromatic carbocycles. The third kappa shape index (κ3) is 1.68. The zero-order valence-corrected chi connectivity index (χ0v) is 10.8. The molecular formula is C17H17N2+. The predicted octanol–water partition coefficient (Wildman–Crippen LogP) is 2.38. The molecule has 2 nitrogen and oxygen atoms in total. The van der Waals surface area contributed by atoms with Crippen LogP contribution < -0.4 is 5.32 Å². The molecule has 3 N–H and O–H groups in total. The Morgan fingerprint density at radius 1 is 0.947 bits per heavy atom. The number of nitrogens with two attached hydrogens (primary N) is 1. The Morgan fingerprint density at radius 2 is 1.74 bits per heavy atom. The molecule has 2 heterocycles. The molecule has 1 atom stereocenters. The SMILES string of the molecule is c1ccc([C@H]2[NH2+]CCc3c2[nH]c2ccccc32)cc1. The van der Waals surface area contributed by atoms with Crippen LogP contribution >= 0.6 is 0 Å². The summed E-state index contributed by atoms with van der Waals surface area (Å²) in [6.07, 6.45) is 1.16. The van der Waals surface area contributed by atoms with E-state index in [1.165, 1.54) is 27.7 Å². The maximum Gasteiger partial charge on any atom is 0.153 e. The lowest BCUT2D eigenvalue weighted by Gasteiger charge is -2.21. The van der Waals surface area contributed by atoms with Gasteiger partial charge in [-0.1, -0.05) is 48.5 Å². The van der Waals surface area contributed by atoms with Gasteiger partial charge in [0.05, 0.1) is 12.2 Å². The molecule has 0 saturated heterocycles. The number of hydrogen-bond donors (Lipinski definition) is 2. The van der Waals surface area contributed by atoms with Crippen molar-refractivity contribution in [2.24, 2.45) is 0 Å². The number of rotatable bonds is 1. The molecule has 0 aliphatic carbocycles. The number of hydrogen-bond acceptors (Lipinski definition) is 0. The van der Waals surface area contributed by atoms with Gasteiger partial charge >= 0.3 is 0 Å². The fourth-order valence-electron chi connectivity index (χ4n) is 3.23. The van der Waals surface area contributed by atoms with Gasteiger partial charge in [0.25, 0.3) is 0 Å². The number of aromatic nitrogens is 1. The highest BCUT2D eigenvalue weighted by Gasteiger charge is 2.27. The largest absolute Gasteiger partial charge is 0.353 e. The number of fused-ring (bicyclic) bond motifs is 3. The van der Waals surface area contributed by atoms with Crippen LogP contribution in [0.4, 0.5) is 0 Å². The highest BCUT2D eigenvalue weighted by atomic mass is 15.0. The highest BCUT2D eigenvalue weighted by molar-refractivity contribution is 5.85. The van der Waals surface area contributed by atoms with E-state index in [2.05, 4.69) is 64.9 Å². The quantitative estimate of drug-likeness (QED) is 0.664. The maximum atomic E-state index is 3.63. The van der Waals surface area contributed by atoms with Crippen LogP contribution in [0.5, 0.6) is 0 Å². The lowest BCUT2D eigenvalue weighted by molar-refractivity contribution is -0.690. The van der Waals surface area contributed by atoms with Crippen molar-refractivity contribution < 1.29 is 5.32 Å². The Balaban J connectivity index is 1.91. The lowest BCUT2D eigenvalue weighted by Crippen LogP contribution is -2.87. The van der Waals surface area contributed by atoms with Gasteiger partial charge in [0, 0.05) is 22.9 Å². The van der Waals surface area contributed by atoms with Crippen LogP contribution in [-0.4, -0.2) is 11.5 Å². The zero-order valence-electron chi connectivity index (χ0n) is 10.8. The number of nitrogens with one attached hydrogen (secondary N) is 1. The van der Waals surface area contributed by atoms with E-state index in [0.717, 1.165) is 13.0 Å². The lowest BCUT2D eigenvalue weighted by atomic mass is 9.94. The molecule has 1 aliphatic heterocycles. The van der Waals surface area contributed by atoms with Crippen LogP contribution in [0.25, 0.3) is 10.9 Å². The van der Waals surface area contributed by atoms with Gasteiger partial charge in [-0.3, -0.25) is 0 Å². The molecule has 94 valence electrons. The molecule has 0 bridgehead atoms. The van der Waals surface area contributed by atoms with Crippen LogP contribution in [0.15, 0.2) is 54.6 Å². The molecule has 0 unspecified atom stereocenters. The topological polar surface area (TPSA) is 32.4 Å². The van der Waals surface area contributed by atoms with E-state index in [1.807, 2.05) is 0 Å². The maximum absolute atomic E-state index is 3.63. The van der Waals surface area contributed by atoms with Crippen LogP contribution in [-0.2, 0) is 6.42 Å². The molecular weight excluding hydrogens is 232 g/mol. The third-order valence-electron chi connectivity index (χ3n) is 4.11. The molecule has 19 heavy (non-hydrogen) atoms. The molecule has 1 aromatic heterocycles. The first-order valence-electron chi connectivity index (χ1n) is 6.91. The fourth-order valence-corrected chi connectivity index (χ4v) is 3.23. The predicted molar refractivity (Wildman–Crippen MR) is 77.1 cm³/mol. The van der Waals surface area contributed by atoms with Crippen molar-refractivity contribution >= 4 is 10.9 Å². The second kappa shape index (κ2) is 4.25. The molecule has 3 aromatic rings. The van der Waals surface area contributed by atoms with Crippen molar-refractivity contribution in [2.45, 2.75) is 12.5 Å². The number of para-hydroxylation sites is 1. The molecule has 2 heteroatoms. The minimum Gasteiger partial charge on any atom is -0.353 e. The van der Waals surface area contributed by atoms with Gasteiger partial charge in [0.1, 0.15) is 0 Å². The molecule has 0 fully saturated rings. The van der Waals surface area contributed by atoms with Crippen molar-refractivity contribution in [1.82, 2.24) is 4.98 Å². The normalized spacial score (nSPS) is 18.4. The van der Waals surface area contributed by atoms with Crippen molar-refractivity contribution in [3.8, 4) is 0 Å². The monoisotopic (exact) mass is 249 g/mol. The second-order valence-electron chi connectivity index (χ2n) is 5.23. The van der Waals surface area contributed by atoms with Crippen LogP contribution in [0.1, 0.15) is 22.9 Å². The zero-order chi connectivity index (χ0) is 12.7. The van der Waals surface area contributed by atoms with E-state index in [1.54, 1.807) is 0 Å². The first-order chi connectivity index (χ1) is 9.43. The van der Waals surface area contributed by atoms with Crippen LogP contribution in [0.3, 0.4) is 0 Å². The average molecular weight is 249 g/mol. The smallest absolute Gasteiger partial charge is 0.153 e. The fraction of sp³-hybridized carbons (Fsp3) is 0.176. The van der Waals surface area contributed by atoms with Gasteiger partial charge < -0.3 is 10.3 Å². The van der Waals surface area contributed by atoms with Gasteiger partial charge in [-0.25, -0.2) is 0 Å². The first kappa shape index (κ1) is 10.8. The van der Waals surface area contributed by atoms with Crippen molar-refractivity contribution in [2.75, 3.05) is 6.54 Å².